The summed E-state index contributed by atoms with van der Waals surface area (Å²) in [6, 6.07) is 14.6. The van der Waals surface area contributed by atoms with Gasteiger partial charge in [-0.2, -0.15) is 0 Å². The van der Waals surface area contributed by atoms with E-state index >= 15 is 0 Å². The Morgan fingerprint density at radius 1 is 1.03 bits per heavy atom. The summed E-state index contributed by atoms with van der Waals surface area (Å²) < 4.78 is 21.5. The van der Waals surface area contributed by atoms with Gasteiger partial charge in [-0.3, -0.25) is 4.79 Å². The minimum absolute atomic E-state index is 0.0421. The van der Waals surface area contributed by atoms with E-state index in [-0.39, 0.29) is 6.61 Å². The number of anilines is 2. The number of rotatable bonds is 5. The van der Waals surface area contributed by atoms with E-state index in [9.17, 15) is 9.59 Å². The molecule has 4 rings (SSSR count). The molecule has 1 saturated heterocycles. The van der Waals surface area contributed by atoms with Crippen molar-refractivity contribution in [3.05, 3.63) is 48.5 Å². The summed E-state index contributed by atoms with van der Waals surface area (Å²) in [6.45, 7) is 2.76. The number of ether oxygens (including phenoxy) is 4. The molecule has 2 aliphatic rings. The molecule has 1 amide bonds. The van der Waals surface area contributed by atoms with Gasteiger partial charge in [0.1, 0.15) is 6.61 Å². The summed E-state index contributed by atoms with van der Waals surface area (Å²) in [5, 5.41) is 2.71. The molecule has 1 N–H and O–H groups in total. The molecule has 0 aliphatic carbocycles. The van der Waals surface area contributed by atoms with Gasteiger partial charge in [0, 0.05) is 24.5 Å². The van der Waals surface area contributed by atoms with Crippen molar-refractivity contribution in [3.8, 4) is 11.5 Å². The second-order valence-corrected chi connectivity index (χ2v) is 6.67. The van der Waals surface area contributed by atoms with Gasteiger partial charge in [0.2, 0.25) is 6.10 Å². The van der Waals surface area contributed by atoms with Crippen LogP contribution in [0.25, 0.3) is 0 Å². The normalized spacial score (nSPS) is 18.1. The smallest absolute Gasteiger partial charge is 0.351 e. The molecule has 0 radical (unpaired) electrons. The third-order valence-electron chi connectivity index (χ3n) is 4.64. The van der Waals surface area contributed by atoms with Crippen molar-refractivity contribution in [1.82, 2.24) is 0 Å². The predicted molar refractivity (Wildman–Crippen MR) is 105 cm³/mol. The van der Waals surface area contributed by atoms with Crippen molar-refractivity contribution < 1.29 is 28.5 Å². The van der Waals surface area contributed by atoms with Gasteiger partial charge in [-0.25, -0.2) is 4.79 Å². The van der Waals surface area contributed by atoms with Gasteiger partial charge in [0.05, 0.1) is 13.2 Å². The van der Waals surface area contributed by atoms with Crippen LogP contribution in [0.1, 0.15) is 0 Å². The molecule has 0 bridgehead atoms. The maximum absolute atomic E-state index is 12.2. The van der Waals surface area contributed by atoms with Gasteiger partial charge >= 0.3 is 5.97 Å². The van der Waals surface area contributed by atoms with Crippen LogP contribution in [0.15, 0.2) is 48.5 Å². The summed E-state index contributed by atoms with van der Waals surface area (Å²) in [5.74, 6) is -0.00718. The Bertz CT molecular complexity index is 864. The first kappa shape index (κ1) is 19.1. The van der Waals surface area contributed by atoms with Crippen molar-refractivity contribution in [2.45, 2.75) is 6.10 Å². The van der Waals surface area contributed by atoms with Crippen LogP contribution in [0.4, 0.5) is 11.4 Å². The van der Waals surface area contributed by atoms with Crippen molar-refractivity contribution in [1.29, 1.82) is 0 Å². The molecule has 8 nitrogen and oxygen atoms in total. The zero-order valence-electron chi connectivity index (χ0n) is 15.8. The molecule has 2 aromatic carbocycles. The fourth-order valence-corrected chi connectivity index (χ4v) is 3.14. The van der Waals surface area contributed by atoms with Crippen LogP contribution in [-0.4, -0.2) is 57.5 Å². The highest BCUT2D eigenvalue weighted by Crippen LogP contribution is 2.31. The summed E-state index contributed by atoms with van der Waals surface area (Å²) in [6.07, 6.45) is -0.898. The van der Waals surface area contributed by atoms with E-state index in [1.54, 1.807) is 18.2 Å². The van der Waals surface area contributed by atoms with E-state index in [1.165, 1.54) is 0 Å². The van der Waals surface area contributed by atoms with Crippen LogP contribution in [-0.2, 0) is 19.1 Å². The highest BCUT2D eigenvalue weighted by atomic mass is 16.6. The highest BCUT2D eigenvalue weighted by molar-refractivity contribution is 5.93. The van der Waals surface area contributed by atoms with Crippen LogP contribution < -0.4 is 19.7 Å². The number of nitrogens with zero attached hydrogens (tertiary/aromatic N) is 1. The number of carbonyl (C=O) groups is 2. The summed E-state index contributed by atoms with van der Waals surface area (Å²) >= 11 is 0. The van der Waals surface area contributed by atoms with Crippen molar-refractivity contribution in [2.24, 2.45) is 0 Å². The number of fused-ring (bicyclic) bond motifs is 1. The van der Waals surface area contributed by atoms with Gasteiger partial charge < -0.3 is 29.2 Å². The molecule has 1 fully saturated rings. The lowest BCUT2D eigenvalue weighted by atomic mass is 10.2. The fraction of sp³-hybridized carbons (Fsp3) is 0.333. The lowest BCUT2D eigenvalue weighted by molar-refractivity contribution is -0.156. The third-order valence-corrected chi connectivity index (χ3v) is 4.64. The molecule has 152 valence electrons. The van der Waals surface area contributed by atoms with E-state index < -0.39 is 24.6 Å². The topological polar surface area (TPSA) is 86.3 Å². The van der Waals surface area contributed by atoms with Gasteiger partial charge in [-0.15, -0.1) is 0 Å². The maximum atomic E-state index is 12.2. The Morgan fingerprint density at radius 3 is 2.52 bits per heavy atom. The van der Waals surface area contributed by atoms with Crippen LogP contribution in [0.2, 0.25) is 0 Å². The molecular formula is C21H22N2O6. The number of hydrogen-bond acceptors (Lipinski definition) is 7. The number of esters is 1. The zero-order chi connectivity index (χ0) is 20.1. The van der Waals surface area contributed by atoms with E-state index in [0.717, 1.165) is 18.8 Å². The molecule has 0 unspecified atom stereocenters. The number of amides is 1. The molecule has 2 aromatic rings. The number of nitrogens with one attached hydrogen (secondary N) is 1. The monoisotopic (exact) mass is 398 g/mol. The Morgan fingerprint density at radius 2 is 1.76 bits per heavy atom. The number of para-hydroxylation sites is 2. The Labute approximate surface area is 168 Å². The molecule has 29 heavy (non-hydrogen) atoms. The number of morpholine rings is 1. The predicted octanol–water partition coefficient (Wildman–Crippen LogP) is 1.84. The fourth-order valence-electron chi connectivity index (χ4n) is 3.14. The van der Waals surface area contributed by atoms with E-state index in [1.807, 2.05) is 30.3 Å². The average molecular weight is 398 g/mol. The molecule has 0 saturated carbocycles. The second-order valence-electron chi connectivity index (χ2n) is 6.67. The number of benzene rings is 2. The number of hydrogen-bond donors (Lipinski definition) is 1. The first-order chi connectivity index (χ1) is 14.2. The van der Waals surface area contributed by atoms with Gasteiger partial charge in [-0.05, 0) is 36.4 Å². The SMILES string of the molecule is O=C(COC(=O)[C@H]1COc2ccccc2O1)Nc1ccc(N2CCOCC2)cc1. The Kier molecular flexibility index (Phi) is 5.81. The molecular weight excluding hydrogens is 376 g/mol. The number of carbonyl (C=O) groups excluding carboxylic acids is 2. The van der Waals surface area contributed by atoms with Crippen molar-refractivity contribution in [3.63, 3.8) is 0 Å². The van der Waals surface area contributed by atoms with Crippen molar-refractivity contribution >= 4 is 23.3 Å². The Hall–Kier alpha value is -3.26. The van der Waals surface area contributed by atoms with Gasteiger partial charge in [0.25, 0.3) is 5.91 Å². The largest absolute Gasteiger partial charge is 0.485 e. The summed E-state index contributed by atoms with van der Waals surface area (Å²) in [7, 11) is 0. The molecule has 2 heterocycles. The highest BCUT2D eigenvalue weighted by Gasteiger charge is 2.29. The lowest BCUT2D eigenvalue weighted by Gasteiger charge is -2.28. The lowest BCUT2D eigenvalue weighted by Crippen LogP contribution is -2.39. The van der Waals surface area contributed by atoms with E-state index in [2.05, 4.69) is 10.2 Å². The summed E-state index contributed by atoms with van der Waals surface area (Å²) in [4.78, 5) is 26.5. The van der Waals surface area contributed by atoms with Crippen LogP contribution in [0.5, 0.6) is 11.5 Å². The standard InChI is InChI=1S/C21H22N2O6/c24-20(22-15-5-7-16(8-6-15)23-9-11-26-12-10-23)14-28-21(25)19-13-27-17-3-1-2-4-18(17)29-19/h1-8,19H,9-14H2,(H,22,24)/t19-/m1/s1. The van der Waals surface area contributed by atoms with E-state index in [4.69, 9.17) is 18.9 Å². The zero-order valence-corrected chi connectivity index (χ0v) is 15.8. The molecule has 0 spiro atoms. The Balaban J connectivity index is 1.24. The van der Waals surface area contributed by atoms with Gasteiger partial charge in [0.15, 0.2) is 18.1 Å². The molecule has 0 aromatic heterocycles. The first-order valence-corrected chi connectivity index (χ1v) is 9.47. The van der Waals surface area contributed by atoms with Crippen LogP contribution >= 0.6 is 0 Å². The van der Waals surface area contributed by atoms with Gasteiger partial charge in [-0.1, -0.05) is 12.1 Å². The maximum Gasteiger partial charge on any atom is 0.351 e. The quantitative estimate of drug-likeness (QED) is 0.769. The first-order valence-electron chi connectivity index (χ1n) is 9.47. The molecule has 2 aliphatic heterocycles. The summed E-state index contributed by atoms with van der Waals surface area (Å²) in [5.41, 5.74) is 1.71. The average Bonchev–Trinajstić information content (AvgIpc) is 2.78. The molecule has 1 atom stereocenters. The third kappa shape index (κ3) is 4.78. The van der Waals surface area contributed by atoms with Crippen molar-refractivity contribution in [2.75, 3.05) is 49.7 Å². The molecule has 8 heteroatoms. The van der Waals surface area contributed by atoms with Crippen LogP contribution in [0.3, 0.4) is 0 Å². The minimum Gasteiger partial charge on any atom is -0.485 e. The van der Waals surface area contributed by atoms with Crippen LogP contribution in [0, 0.1) is 0 Å². The second kappa shape index (κ2) is 8.83. The minimum atomic E-state index is -0.898. The van der Waals surface area contributed by atoms with E-state index in [0.29, 0.717) is 30.4 Å².